The Labute approximate surface area is 135 Å². The van der Waals surface area contributed by atoms with E-state index in [1.807, 2.05) is 4.90 Å². The summed E-state index contributed by atoms with van der Waals surface area (Å²) < 4.78 is 4.85. The number of hydrogen-bond acceptors (Lipinski definition) is 4. The molecular formula is C16H24N2O3S. The predicted octanol–water partition coefficient (Wildman–Crippen LogP) is 3.25. The first-order valence-corrected chi connectivity index (χ1v) is 8.70. The molecule has 1 atom stereocenters. The zero-order chi connectivity index (χ0) is 15.9. The van der Waals surface area contributed by atoms with Crippen LogP contribution in [0.2, 0.25) is 0 Å². The summed E-state index contributed by atoms with van der Waals surface area (Å²) in [6.45, 7) is 4.82. The van der Waals surface area contributed by atoms with Crippen LogP contribution in [-0.4, -0.2) is 36.6 Å². The lowest BCUT2D eigenvalue weighted by Gasteiger charge is -2.29. The van der Waals surface area contributed by atoms with Gasteiger partial charge in [-0.2, -0.15) is 0 Å². The lowest BCUT2D eigenvalue weighted by Crippen LogP contribution is -2.44. The molecule has 0 bridgehead atoms. The van der Waals surface area contributed by atoms with Crippen LogP contribution in [0.3, 0.4) is 0 Å². The molecule has 1 unspecified atom stereocenters. The van der Waals surface area contributed by atoms with E-state index in [1.165, 1.54) is 9.75 Å². The first kappa shape index (κ1) is 16.8. The summed E-state index contributed by atoms with van der Waals surface area (Å²) in [5.41, 5.74) is 0. The van der Waals surface area contributed by atoms with E-state index in [0.29, 0.717) is 6.61 Å². The first-order valence-electron chi connectivity index (χ1n) is 7.88. The molecule has 0 saturated carbocycles. The van der Waals surface area contributed by atoms with Crippen molar-refractivity contribution in [2.45, 2.75) is 45.6 Å². The average molecular weight is 324 g/mol. The van der Waals surface area contributed by atoms with Crippen LogP contribution in [0.4, 0.5) is 4.79 Å². The molecule has 0 aliphatic carbocycles. The second kappa shape index (κ2) is 8.17. The summed E-state index contributed by atoms with van der Waals surface area (Å²) in [5, 5.41) is 2.69. The van der Waals surface area contributed by atoms with Crippen molar-refractivity contribution in [3.05, 3.63) is 21.9 Å². The number of thiophene rings is 1. The molecule has 0 spiro atoms. The smallest absolute Gasteiger partial charge is 0.325 e. The van der Waals surface area contributed by atoms with E-state index < -0.39 is 5.97 Å². The maximum absolute atomic E-state index is 12.5. The monoisotopic (exact) mass is 324 g/mol. The van der Waals surface area contributed by atoms with Crippen LogP contribution in [0.1, 0.15) is 48.4 Å². The normalized spacial score (nSPS) is 18.6. The van der Waals surface area contributed by atoms with Crippen LogP contribution in [0.25, 0.3) is 0 Å². The maximum atomic E-state index is 12.5. The minimum atomic E-state index is -0.394. The van der Waals surface area contributed by atoms with Crippen LogP contribution in [0, 0.1) is 6.92 Å². The molecule has 1 aliphatic rings. The molecule has 0 radical (unpaired) electrons. The summed E-state index contributed by atoms with van der Waals surface area (Å²) in [6, 6.07) is 4.15. The lowest BCUT2D eigenvalue weighted by molar-refractivity contribution is -0.141. The Bertz CT molecular complexity index is 515. The fraction of sp³-hybridized carbons (Fsp3) is 0.625. The Morgan fingerprint density at radius 2 is 2.18 bits per heavy atom. The zero-order valence-corrected chi connectivity index (χ0v) is 14.1. The quantitative estimate of drug-likeness (QED) is 0.865. The minimum absolute atomic E-state index is 0.0701. The zero-order valence-electron chi connectivity index (χ0n) is 13.3. The van der Waals surface area contributed by atoms with Gasteiger partial charge in [0, 0.05) is 16.3 Å². The van der Waals surface area contributed by atoms with Gasteiger partial charge in [-0.3, -0.25) is 4.79 Å². The summed E-state index contributed by atoms with van der Waals surface area (Å²) in [7, 11) is 0. The van der Waals surface area contributed by atoms with Crippen LogP contribution in [-0.2, 0) is 9.53 Å². The summed E-state index contributed by atoms with van der Waals surface area (Å²) >= 11 is 1.74. The molecule has 0 aromatic carbocycles. The standard InChI is InChI=1S/C16H24N2O3S/c1-3-21-15(19)11-17-16(20)18-10-6-4-5-7-13(18)14-9-8-12(2)22-14/h8-9,13H,3-7,10-11H2,1-2H3,(H,17,20). The largest absolute Gasteiger partial charge is 0.465 e. The Morgan fingerprint density at radius 1 is 1.36 bits per heavy atom. The number of carbonyl (C=O) groups is 2. The van der Waals surface area contributed by atoms with Gasteiger partial charge in [0.25, 0.3) is 0 Å². The SMILES string of the molecule is CCOC(=O)CNC(=O)N1CCCCCC1c1ccc(C)s1. The molecule has 1 saturated heterocycles. The number of nitrogens with zero attached hydrogens (tertiary/aromatic N) is 1. The maximum Gasteiger partial charge on any atom is 0.325 e. The third-order valence-electron chi connectivity index (χ3n) is 3.79. The number of nitrogens with one attached hydrogen (secondary N) is 1. The number of urea groups is 1. The van der Waals surface area contributed by atoms with E-state index in [1.54, 1.807) is 18.3 Å². The molecule has 2 amide bonds. The molecule has 122 valence electrons. The van der Waals surface area contributed by atoms with Gasteiger partial charge in [0.2, 0.25) is 0 Å². The number of carbonyl (C=O) groups excluding carboxylic acids is 2. The van der Waals surface area contributed by atoms with Crippen molar-refractivity contribution >= 4 is 23.3 Å². The van der Waals surface area contributed by atoms with Crippen LogP contribution >= 0.6 is 11.3 Å². The molecule has 1 aliphatic heterocycles. The molecule has 1 fully saturated rings. The number of esters is 1. The van der Waals surface area contributed by atoms with Crippen molar-refractivity contribution in [2.24, 2.45) is 0 Å². The fourth-order valence-corrected chi connectivity index (χ4v) is 3.77. The highest BCUT2D eigenvalue weighted by Gasteiger charge is 2.27. The summed E-state index contributed by atoms with van der Waals surface area (Å²) in [4.78, 5) is 28.2. The fourth-order valence-electron chi connectivity index (χ4n) is 2.74. The third-order valence-corrected chi connectivity index (χ3v) is 4.89. The van der Waals surface area contributed by atoms with Gasteiger partial charge in [-0.1, -0.05) is 12.8 Å². The molecule has 1 aromatic rings. The van der Waals surface area contributed by atoms with Crippen molar-refractivity contribution in [3.8, 4) is 0 Å². The van der Waals surface area contributed by atoms with Crippen molar-refractivity contribution in [2.75, 3.05) is 19.7 Å². The minimum Gasteiger partial charge on any atom is -0.465 e. The molecule has 6 heteroatoms. The number of aryl methyl sites for hydroxylation is 1. The Morgan fingerprint density at radius 3 is 2.86 bits per heavy atom. The predicted molar refractivity (Wildman–Crippen MR) is 87.0 cm³/mol. The van der Waals surface area contributed by atoms with E-state index in [9.17, 15) is 9.59 Å². The van der Waals surface area contributed by atoms with Crippen LogP contribution in [0.5, 0.6) is 0 Å². The Kier molecular flexibility index (Phi) is 6.24. The van der Waals surface area contributed by atoms with E-state index in [0.717, 1.165) is 32.2 Å². The highest BCUT2D eigenvalue weighted by Crippen LogP contribution is 2.34. The van der Waals surface area contributed by atoms with Gasteiger partial charge in [0.15, 0.2) is 0 Å². The van der Waals surface area contributed by atoms with Crippen molar-refractivity contribution < 1.29 is 14.3 Å². The van der Waals surface area contributed by atoms with Gasteiger partial charge in [0.1, 0.15) is 6.54 Å². The highest BCUT2D eigenvalue weighted by atomic mass is 32.1. The van der Waals surface area contributed by atoms with Crippen molar-refractivity contribution in [1.29, 1.82) is 0 Å². The number of amides is 2. The van der Waals surface area contributed by atoms with Gasteiger partial charge >= 0.3 is 12.0 Å². The topological polar surface area (TPSA) is 58.6 Å². The molecular weight excluding hydrogens is 300 g/mol. The molecule has 1 aromatic heterocycles. The third kappa shape index (κ3) is 4.47. The summed E-state index contributed by atoms with van der Waals surface area (Å²) in [6.07, 6.45) is 4.26. The van der Waals surface area contributed by atoms with Crippen LogP contribution in [0.15, 0.2) is 12.1 Å². The van der Waals surface area contributed by atoms with E-state index in [2.05, 4.69) is 24.4 Å². The van der Waals surface area contributed by atoms with Gasteiger partial charge in [-0.15, -0.1) is 11.3 Å². The molecule has 1 N–H and O–H groups in total. The highest BCUT2D eigenvalue weighted by molar-refractivity contribution is 7.12. The van der Waals surface area contributed by atoms with E-state index >= 15 is 0 Å². The average Bonchev–Trinajstić information content (AvgIpc) is 2.78. The number of hydrogen-bond donors (Lipinski definition) is 1. The lowest BCUT2D eigenvalue weighted by atomic mass is 10.1. The van der Waals surface area contributed by atoms with Gasteiger partial charge < -0.3 is 15.0 Å². The van der Waals surface area contributed by atoms with Crippen molar-refractivity contribution in [3.63, 3.8) is 0 Å². The second-order valence-corrected chi connectivity index (χ2v) is 6.79. The van der Waals surface area contributed by atoms with E-state index in [-0.39, 0.29) is 18.6 Å². The summed E-state index contributed by atoms with van der Waals surface area (Å²) in [5.74, 6) is -0.394. The molecule has 5 nitrogen and oxygen atoms in total. The Balaban J connectivity index is 2.03. The van der Waals surface area contributed by atoms with Gasteiger partial charge in [-0.25, -0.2) is 4.79 Å². The number of likely N-dealkylation sites (tertiary alicyclic amines) is 1. The second-order valence-electron chi connectivity index (χ2n) is 5.47. The number of rotatable bonds is 4. The van der Waals surface area contributed by atoms with Crippen molar-refractivity contribution in [1.82, 2.24) is 10.2 Å². The van der Waals surface area contributed by atoms with E-state index in [4.69, 9.17) is 4.74 Å². The first-order chi connectivity index (χ1) is 10.6. The van der Waals surface area contributed by atoms with Crippen LogP contribution < -0.4 is 5.32 Å². The molecule has 2 rings (SSSR count). The molecule has 22 heavy (non-hydrogen) atoms. The molecule has 2 heterocycles. The Hall–Kier alpha value is -1.56. The number of ether oxygens (including phenoxy) is 1. The van der Waals surface area contributed by atoms with Gasteiger partial charge in [-0.05, 0) is 38.8 Å². The van der Waals surface area contributed by atoms with Gasteiger partial charge in [0.05, 0.1) is 12.6 Å².